The summed E-state index contributed by atoms with van der Waals surface area (Å²) in [6, 6.07) is 6.72. The van der Waals surface area contributed by atoms with Crippen LogP contribution in [0, 0.1) is 6.92 Å². The Bertz CT molecular complexity index is 3130. The van der Waals surface area contributed by atoms with Crippen molar-refractivity contribution in [3.8, 4) is 0 Å². The topological polar surface area (TPSA) is 593 Å². The SMILES string of the molecule is C.CC(=O)[O-].CCCCCCCN=[N+]=[N-].CCCCCCCO.CCCCCCCOS(=O)(=O)c1ccc(C)cc1.O=C1CCC(=O)N1OC(=O)C(F)(F)F.O=C1CCCC(=O)O1.[N-]=[N+]=NCCCCCCNC(=O)CCCC(=O)O.[N-]=[N+]=NCCCCCCNC(=O)CCCC(=O)ON1C(=O)CCC1=O.[N-]=[N+]=NCCCCCC[NH3+]. The Kier molecular flexibility index (Phi) is 84.1. The number of aliphatic carboxylic acids is 2. The maximum Gasteiger partial charge on any atom is 0.493 e. The van der Waals surface area contributed by atoms with Crippen LogP contribution in [0.15, 0.2) is 49.6 Å². The monoisotopic (exact) mass is 1680 g/mol. The lowest BCUT2D eigenvalue weighted by Gasteiger charge is -2.13. The largest absolute Gasteiger partial charge is 0.550 e. The number of hydrogen-bond donors (Lipinski definition) is 5. The van der Waals surface area contributed by atoms with Gasteiger partial charge in [-0.2, -0.15) is 21.6 Å². The van der Waals surface area contributed by atoms with Crippen molar-refractivity contribution in [2.75, 3.05) is 59.0 Å². The number of carbonyl (C=O) groups is 12. The number of hydrogen-bond acceptors (Lipinski definition) is 24. The van der Waals surface area contributed by atoms with Crippen molar-refractivity contribution >= 4 is 81.4 Å². The highest BCUT2D eigenvalue weighted by molar-refractivity contribution is 7.86. The van der Waals surface area contributed by atoms with Gasteiger partial charge in [-0.15, -0.1) is 10.1 Å². The Balaban J connectivity index is -0.000000304. The fourth-order valence-electron chi connectivity index (χ4n) is 8.99. The van der Waals surface area contributed by atoms with Crippen molar-refractivity contribution in [1.82, 2.24) is 20.8 Å². The van der Waals surface area contributed by atoms with Gasteiger partial charge in [0, 0.05) is 136 Å². The highest BCUT2D eigenvalue weighted by atomic mass is 32.2. The first-order valence-electron chi connectivity index (χ1n) is 39.1. The van der Waals surface area contributed by atoms with Crippen LogP contribution in [0.1, 0.15) is 298 Å². The second-order valence-corrected chi connectivity index (χ2v) is 27.1. The highest BCUT2D eigenvalue weighted by Gasteiger charge is 2.45. The first-order valence-corrected chi connectivity index (χ1v) is 40.5. The average Bonchev–Trinajstić information content (AvgIpc) is 1.80. The van der Waals surface area contributed by atoms with Crippen LogP contribution in [-0.2, 0) is 86.2 Å². The number of nitrogens with zero attached hydrogens (tertiary/aromatic N) is 14. The van der Waals surface area contributed by atoms with E-state index in [0.29, 0.717) is 76.6 Å². The van der Waals surface area contributed by atoms with Crippen LogP contribution < -0.4 is 21.5 Å². The summed E-state index contributed by atoms with van der Waals surface area (Å²) in [5.41, 5.74) is 36.8. The number of hydroxylamine groups is 4. The number of imide groups is 2. The molecule has 38 nitrogen and oxygen atoms in total. The van der Waals surface area contributed by atoms with Gasteiger partial charge in [0.25, 0.3) is 33.7 Å². The smallest absolute Gasteiger partial charge is 0.493 e. The molecule has 3 aliphatic heterocycles. The number of halogens is 3. The quantitative estimate of drug-likeness (QED) is 0.00591. The Morgan fingerprint density at radius 3 is 1.22 bits per heavy atom. The van der Waals surface area contributed by atoms with E-state index in [4.69, 9.17) is 51.3 Å². The van der Waals surface area contributed by atoms with Gasteiger partial charge in [0.1, 0.15) is 0 Å². The summed E-state index contributed by atoms with van der Waals surface area (Å²) in [7, 11) is -3.57. The minimum absolute atomic E-state index is 0. The number of quaternary nitrogens is 1. The van der Waals surface area contributed by atoms with Gasteiger partial charge in [0.2, 0.25) is 11.8 Å². The molecule has 0 aromatic heterocycles. The molecule has 3 heterocycles. The molecule has 42 heteroatoms. The fraction of sp³-hybridized carbons (Fsp3) is 0.757. The number of unbranched alkanes of at least 4 members (excludes halogenated alkanes) is 21. The molecular weight excluding hydrogens is 1550 g/mol. The molecule has 7 N–H and O–H groups in total. The van der Waals surface area contributed by atoms with Crippen molar-refractivity contribution in [3.63, 3.8) is 0 Å². The van der Waals surface area contributed by atoms with Crippen molar-refractivity contribution in [1.29, 1.82) is 0 Å². The standard InChI is InChI=1S/C15H23N5O5.C14H22O3S.C11H20N4O3.C7H15N3.C7H16O.C6H4F3NO4.C6H14N4.C5H6O3.C2H4O2.CH4/c16-19-18-11-4-2-1-3-10-17-12(21)6-5-7-15(24)25-20-13(22)8-9-14(20)23;1-3-4-5-6-7-12-17-18(15,16)14-10-8-13(2)9-11-14;12-15-14-9-4-2-1-3-8-13-10(16)6-5-7-11(17)18;1-2-3-4-5-6-7-9-10-8;1-2-3-4-5-6-7-8;7-6(8,9)5(13)14-10-3(11)1-2-4(10)12;7-5-3-1-2-4-6-9-10-8;6-4-2-1-3-5(7)8-4;1-2(3)4;/h1-11H2,(H,17,21);8-11H,3-7,12H2,1-2H3;1-9H2,(H,13,16)(H,17,18);2-7H2,1H3;8H,2-7H2,1H3;1-2H2;1-7H2;1-3H2;1H3,(H,3,4);1H4. The lowest BCUT2D eigenvalue weighted by molar-refractivity contribution is -0.368. The number of benzene rings is 1. The second kappa shape index (κ2) is 83.3. The molecule has 1 aromatic rings. The third kappa shape index (κ3) is 82.3. The number of rotatable bonds is 49. The molecule has 0 atom stereocenters. The van der Waals surface area contributed by atoms with E-state index >= 15 is 0 Å². The summed E-state index contributed by atoms with van der Waals surface area (Å²) in [5, 5.41) is 45.3. The average molecular weight is 1680 g/mol. The number of carbonyl (C=O) groups excluding carboxylic acids is 11. The van der Waals surface area contributed by atoms with Crippen LogP contribution >= 0.6 is 0 Å². The second-order valence-electron chi connectivity index (χ2n) is 25.5. The zero-order valence-electron chi connectivity index (χ0n) is 67.6. The molecule has 0 aliphatic carbocycles. The molecule has 662 valence electrons. The van der Waals surface area contributed by atoms with Crippen molar-refractivity contribution in [2.45, 2.75) is 310 Å². The number of carboxylic acids is 2. The zero-order chi connectivity index (χ0) is 87.6. The highest BCUT2D eigenvalue weighted by Crippen LogP contribution is 2.21. The number of azide groups is 4. The molecule has 0 unspecified atom stereocenters. The summed E-state index contributed by atoms with van der Waals surface area (Å²) in [6.45, 7) is 14.6. The number of aliphatic hydroxyl groups excluding tert-OH is 1. The number of esters is 2. The fourth-order valence-corrected chi connectivity index (χ4v) is 9.94. The van der Waals surface area contributed by atoms with E-state index < -0.39 is 63.8 Å². The molecule has 3 fully saturated rings. The van der Waals surface area contributed by atoms with E-state index in [2.05, 4.69) is 86.8 Å². The predicted octanol–water partition coefficient (Wildman–Crippen LogP) is 13.8. The van der Waals surface area contributed by atoms with Gasteiger partial charge < -0.3 is 50.9 Å². The normalized spacial score (nSPS) is 12.2. The maximum atomic E-state index is 11.8. The number of nitrogens with one attached hydrogen (secondary N) is 2. The van der Waals surface area contributed by atoms with Gasteiger partial charge in [-0.1, -0.05) is 176 Å². The Morgan fingerprint density at radius 1 is 0.534 bits per heavy atom. The van der Waals surface area contributed by atoms with E-state index in [1.165, 1.54) is 77.0 Å². The minimum Gasteiger partial charge on any atom is -0.550 e. The van der Waals surface area contributed by atoms with Gasteiger partial charge >= 0.3 is 36.0 Å². The lowest BCUT2D eigenvalue weighted by Crippen LogP contribution is -2.50. The molecular formula is C74H128F3N17O21S. The third-order valence-electron chi connectivity index (χ3n) is 15.1. The van der Waals surface area contributed by atoms with Gasteiger partial charge in [0.15, 0.2) is 0 Å². The van der Waals surface area contributed by atoms with Gasteiger partial charge in [-0.05, 0) is 132 Å². The Hall–Kier alpha value is -9.68. The number of aliphatic hydroxyl groups is 1. The summed E-state index contributed by atoms with van der Waals surface area (Å²) in [6.07, 6.45) is 26.3. The van der Waals surface area contributed by atoms with Crippen LogP contribution in [-0.4, -0.2) is 165 Å². The molecule has 0 saturated carbocycles. The molecule has 116 heavy (non-hydrogen) atoms. The molecule has 6 amide bonds. The number of aryl methyl sites for hydroxylation is 1. The van der Waals surface area contributed by atoms with E-state index in [1.807, 2.05) is 6.92 Å². The number of amides is 6. The van der Waals surface area contributed by atoms with Gasteiger partial charge in [-0.25, -0.2) is 9.59 Å². The van der Waals surface area contributed by atoms with Crippen molar-refractivity contribution < 1.29 is 119 Å². The molecule has 3 aliphatic rings. The molecule has 3 saturated heterocycles. The number of ether oxygens (including phenoxy) is 1. The zero-order valence-corrected chi connectivity index (χ0v) is 68.4. The predicted molar refractivity (Wildman–Crippen MR) is 421 cm³/mol. The summed E-state index contributed by atoms with van der Waals surface area (Å²) >= 11 is 0. The van der Waals surface area contributed by atoms with Crippen LogP contribution in [0.3, 0.4) is 0 Å². The first kappa shape index (κ1) is 117. The van der Waals surface area contributed by atoms with E-state index in [9.17, 15) is 74.3 Å². The first-order chi connectivity index (χ1) is 54.8. The van der Waals surface area contributed by atoms with Crippen LogP contribution in [0.25, 0.3) is 41.8 Å². The summed E-state index contributed by atoms with van der Waals surface area (Å²) in [5.74, 6) is -9.20. The van der Waals surface area contributed by atoms with E-state index in [0.717, 1.165) is 115 Å². The molecule has 4 rings (SSSR count). The maximum absolute atomic E-state index is 11.8. The van der Waals surface area contributed by atoms with Gasteiger partial charge in [0.05, 0.1) is 18.0 Å². The van der Waals surface area contributed by atoms with E-state index in [-0.39, 0.29) is 106 Å². The Labute approximate surface area is 679 Å². The number of alkyl halides is 3. The van der Waals surface area contributed by atoms with Gasteiger partial charge in [-0.3, -0.25) is 47.3 Å². The molecule has 0 radical (unpaired) electrons. The number of carboxylic acid groups (broad SMARTS) is 2. The molecule has 0 bridgehead atoms. The van der Waals surface area contributed by atoms with Crippen LogP contribution in [0.2, 0.25) is 0 Å². The van der Waals surface area contributed by atoms with Crippen molar-refractivity contribution in [2.24, 2.45) is 20.5 Å². The Morgan fingerprint density at radius 2 is 0.879 bits per heavy atom. The number of cyclic esters (lactones) is 2. The van der Waals surface area contributed by atoms with Crippen LogP contribution in [0.5, 0.6) is 0 Å². The minimum atomic E-state index is -5.22. The molecule has 1 aromatic carbocycles. The third-order valence-corrected chi connectivity index (χ3v) is 16.5. The summed E-state index contributed by atoms with van der Waals surface area (Å²) in [4.78, 5) is 147. The van der Waals surface area contributed by atoms with E-state index in [1.54, 1.807) is 24.3 Å². The summed E-state index contributed by atoms with van der Waals surface area (Å²) < 4.78 is 67.7. The lowest BCUT2D eigenvalue weighted by atomic mass is 10.2. The molecule has 0 spiro atoms. The van der Waals surface area contributed by atoms with Crippen LogP contribution in [0.4, 0.5) is 13.2 Å². The van der Waals surface area contributed by atoms with Crippen molar-refractivity contribution in [3.05, 3.63) is 71.6 Å².